The first-order valence-electron chi connectivity index (χ1n) is 9.01. The highest BCUT2D eigenvalue weighted by atomic mass is 32.2. The standard InChI is InChI=1S/C19H24FN3O2S/c20-17-9-4-7-16(15-17)8-5-11-21-19-18(10-6-12-22-19)26(24,25)23-13-2-1-3-14-23/h4,6-7,9-10,12,15H,1-3,5,8,11,13-14H2,(H,21,22). The maximum absolute atomic E-state index is 13.2. The number of pyridine rings is 1. The summed E-state index contributed by atoms with van der Waals surface area (Å²) in [6.45, 7) is 1.70. The molecule has 5 nitrogen and oxygen atoms in total. The van der Waals surface area contributed by atoms with E-state index in [1.54, 1.807) is 28.7 Å². The summed E-state index contributed by atoms with van der Waals surface area (Å²) in [5.74, 6) is 0.146. The van der Waals surface area contributed by atoms with E-state index in [9.17, 15) is 12.8 Å². The van der Waals surface area contributed by atoms with Gasteiger partial charge in [0.15, 0.2) is 0 Å². The second-order valence-electron chi connectivity index (χ2n) is 6.48. The molecule has 0 radical (unpaired) electrons. The number of benzene rings is 1. The third kappa shape index (κ3) is 4.59. The van der Waals surface area contributed by atoms with E-state index in [2.05, 4.69) is 10.3 Å². The number of hydrogen-bond acceptors (Lipinski definition) is 4. The van der Waals surface area contributed by atoms with Crippen LogP contribution in [0.15, 0.2) is 47.5 Å². The van der Waals surface area contributed by atoms with Gasteiger partial charge in [0.05, 0.1) is 0 Å². The van der Waals surface area contributed by atoms with E-state index in [1.165, 1.54) is 12.1 Å². The maximum Gasteiger partial charge on any atom is 0.246 e. The van der Waals surface area contributed by atoms with Crippen molar-refractivity contribution in [2.24, 2.45) is 0 Å². The summed E-state index contributed by atoms with van der Waals surface area (Å²) in [7, 11) is -3.53. The number of nitrogens with one attached hydrogen (secondary N) is 1. The molecular formula is C19H24FN3O2S. The fourth-order valence-corrected chi connectivity index (χ4v) is 4.80. The third-order valence-electron chi connectivity index (χ3n) is 4.53. The van der Waals surface area contributed by atoms with Crippen molar-refractivity contribution in [3.63, 3.8) is 0 Å². The molecule has 0 spiro atoms. The molecule has 0 unspecified atom stereocenters. The first-order chi connectivity index (χ1) is 12.6. The van der Waals surface area contributed by atoms with Gasteiger partial charge in [0, 0.05) is 25.8 Å². The number of hydrogen-bond donors (Lipinski definition) is 1. The highest BCUT2D eigenvalue weighted by molar-refractivity contribution is 7.89. The van der Waals surface area contributed by atoms with Crippen LogP contribution in [0.5, 0.6) is 0 Å². The molecule has 3 rings (SSSR count). The fourth-order valence-electron chi connectivity index (χ4n) is 3.17. The van der Waals surface area contributed by atoms with Gasteiger partial charge in [0.2, 0.25) is 10.0 Å². The molecule has 1 aliphatic rings. The van der Waals surface area contributed by atoms with E-state index in [1.807, 2.05) is 6.07 Å². The average molecular weight is 377 g/mol. The Labute approximate surface area is 154 Å². The summed E-state index contributed by atoms with van der Waals surface area (Å²) in [6, 6.07) is 9.78. The van der Waals surface area contributed by atoms with Gasteiger partial charge < -0.3 is 5.32 Å². The molecule has 7 heteroatoms. The van der Waals surface area contributed by atoms with E-state index in [0.29, 0.717) is 31.9 Å². The van der Waals surface area contributed by atoms with E-state index >= 15 is 0 Å². The van der Waals surface area contributed by atoms with Crippen LogP contribution in [0.1, 0.15) is 31.2 Å². The summed E-state index contributed by atoms with van der Waals surface area (Å²) in [5.41, 5.74) is 0.925. The quantitative estimate of drug-likeness (QED) is 0.751. The molecule has 1 aromatic carbocycles. The number of nitrogens with zero attached hydrogens (tertiary/aromatic N) is 2. The van der Waals surface area contributed by atoms with Gasteiger partial charge in [0.25, 0.3) is 0 Å². The normalized spacial score (nSPS) is 15.7. The Morgan fingerprint density at radius 3 is 2.69 bits per heavy atom. The number of aromatic nitrogens is 1. The molecule has 1 saturated heterocycles. The Morgan fingerprint density at radius 1 is 1.12 bits per heavy atom. The summed E-state index contributed by atoms with van der Waals surface area (Å²) < 4.78 is 40.6. The number of piperidine rings is 1. The van der Waals surface area contributed by atoms with Crippen molar-refractivity contribution in [2.75, 3.05) is 25.0 Å². The van der Waals surface area contributed by atoms with Crippen LogP contribution in [0.2, 0.25) is 0 Å². The molecule has 26 heavy (non-hydrogen) atoms. The Balaban J connectivity index is 1.63. The minimum Gasteiger partial charge on any atom is -0.369 e. The lowest BCUT2D eigenvalue weighted by Crippen LogP contribution is -2.36. The van der Waals surface area contributed by atoms with Crippen LogP contribution >= 0.6 is 0 Å². The van der Waals surface area contributed by atoms with E-state index in [4.69, 9.17) is 0 Å². The van der Waals surface area contributed by atoms with Crippen LogP contribution in [0.4, 0.5) is 10.2 Å². The van der Waals surface area contributed by atoms with E-state index in [-0.39, 0.29) is 10.7 Å². The predicted molar refractivity (Wildman–Crippen MR) is 100 cm³/mol. The smallest absolute Gasteiger partial charge is 0.246 e. The number of anilines is 1. The van der Waals surface area contributed by atoms with Gasteiger partial charge in [-0.25, -0.2) is 17.8 Å². The third-order valence-corrected chi connectivity index (χ3v) is 6.46. The molecule has 0 atom stereocenters. The van der Waals surface area contributed by atoms with Gasteiger partial charge in [-0.15, -0.1) is 0 Å². The Bertz CT molecular complexity index is 836. The largest absolute Gasteiger partial charge is 0.369 e. The van der Waals surface area contributed by atoms with Gasteiger partial charge in [-0.1, -0.05) is 18.6 Å². The molecule has 0 aliphatic carbocycles. The SMILES string of the molecule is O=S(=O)(c1cccnc1NCCCc1cccc(F)c1)N1CCCCC1. The average Bonchev–Trinajstić information content (AvgIpc) is 2.66. The molecule has 1 aromatic heterocycles. The minimum absolute atomic E-state index is 0.229. The highest BCUT2D eigenvalue weighted by Gasteiger charge is 2.28. The molecule has 0 saturated carbocycles. The maximum atomic E-state index is 13.2. The summed E-state index contributed by atoms with van der Waals surface area (Å²) in [4.78, 5) is 4.45. The fraction of sp³-hybridized carbons (Fsp3) is 0.421. The lowest BCUT2D eigenvalue weighted by atomic mass is 10.1. The second-order valence-corrected chi connectivity index (χ2v) is 8.38. The number of aryl methyl sites for hydroxylation is 1. The molecule has 1 aliphatic heterocycles. The number of sulfonamides is 1. The Morgan fingerprint density at radius 2 is 1.92 bits per heavy atom. The zero-order valence-corrected chi connectivity index (χ0v) is 15.5. The summed E-state index contributed by atoms with van der Waals surface area (Å²) in [5, 5.41) is 3.13. The zero-order valence-electron chi connectivity index (χ0n) is 14.7. The van der Waals surface area contributed by atoms with Crippen molar-refractivity contribution in [1.29, 1.82) is 0 Å². The first-order valence-corrected chi connectivity index (χ1v) is 10.4. The van der Waals surface area contributed by atoms with Crippen molar-refractivity contribution in [2.45, 2.75) is 37.0 Å². The lowest BCUT2D eigenvalue weighted by molar-refractivity contribution is 0.346. The molecule has 1 N–H and O–H groups in total. The summed E-state index contributed by atoms with van der Waals surface area (Å²) >= 11 is 0. The lowest BCUT2D eigenvalue weighted by Gasteiger charge is -2.26. The number of rotatable bonds is 7. The first kappa shape index (κ1) is 18.8. The van der Waals surface area contributed by atoms with Crippen molar-refractivity contribution >= 4 is 15.8 Å². The van der Waals surface area contributed by atoms with Gasteiger partial charge in [-0.05, 0) is 55.5 Å². The molecule has 2 heterocycles. The molecule has 140 valence electrons. The van der Waals surface area contributed by atoms with E-state index in [0.717, 1.165) is 31.2 Å². The van der Waals surface area contributed by atoms with Crippen LogP contribution in [0, 0.1) is 5.82 Å². The van der Waals surface area contributed by atoms with Gasteiger partial charge in [-0.3, -0.25) is 0 Å². The second kappa shape index (κ2) is 8.60. The molecule has 0 bridgehead atoms. The molecule has 2 aromatic rings. The van der Waals surface area contributed by atoms with Crippen LogP contribution in [0.3, 0.4) is 0 Å². The van der Waals surface area contributed by atoms with Crippen molar-refractivity contribution < 1.29 is 12.8 Å². The van der Waals surface area contributed by atoms with Crippen LogP contribution in [-0.4, -0.2) is 37.3 Å². The van der Waals surface area contributed by atoms with Crippen molar-refractivity contribution in [3.05, 3.63) is 54.0 Å². The molecule has 1 fully saturated rings. The molecular weight excluding hydrogens is 353 g/mol. The molecule has 0 amide bonds. The highest BCUT2D eigenvalue weighted by Crippen LogP contribution is 2.25. The Kier molecular flexibility index (Phi) is 6.21. The van der Waals surface area contributed by atoms with E-state index < -0.39 is 10.0 Å². The van der Waals surface area contributed by atoms with Crippen LogP contribution in [0.25, 0.3) is 0 Å². The summed E-state index contributed by atoms with van der Waals surface area (Å²) in [6.07, 6.45) is 5.93. The zero-order chi connectivity index (χ0) is 18.4. The predicted octanol–water partition coefficient (Wildman–Crippen LogP) is 3.44. The topological polar surface area (TPSA) is 62.3 Å². The number of halogens is 1. The van der Waals surface area contributed by atoms with Gasteiger partial charge >= 0.3 is 0 Å². The van der Waals surface area contributed by atoms with Gasteiger partial charge in [-0.2, -0.15) is 4.31 Å². The van der Waals surface area contributed by atoms with Crippen molar-refractivity contribution in [3.8, 4) is 0 Å². The van der Waals surface area contributed by atoms with Crippen molar-refractivity contribution in [1.82, 2.24) is 9.29 Å². The minimum atomic E-state index is -3.53. The monoisotopic (exact) mass is 377 g/mol. The van der Waals surface area contributed by atoms with Gasteiger partial charge in [0.1, 0.15) is 16.5 Å². The van der Waals surface area contributed by atoms with Crippen LogP contribution < -0.4 is 5.32 Å². The van der Waals surface area contributed by atoms with Crippen LogP contribution in [-0.2, 0) is 16.4 Å². The Hall–Kier alpha value is -1.99.